The molecule has 0 rings (SSSR count). The molecular formula is C58H105O11P. The summed E-state index contributed by atoms with van der Waals surface area (Å²) in [4.78, 5) is 48.5. The second-order valence-electron chi connectivity index (χ2n) is 19.1. The van der Waals surface area contributed by atoms with Crippen LogP contribution in [0.2, 0.25) is 0 Å². The second-order valence-corrected chi connectivity index (χ2v) is 20.5. The molecule has 0 aromatic heterocycles. The molecule has 0 fully saturated rings. The van der Waals surface area contributed by atoms with Crippen molar-refractivity contribution in [2.24, 2.45) is 0 Å². The molecule has 0 aliphatic carbocycles. The zero-order chi connectivity index (χ0) is 51.3. The van der Waals surface area contributed by atoms with E-state index in [0.29, 0.717) is 19.3 Å². The van der Waals surface area contributed by atoms with E-state index in [4.69, 9.17) is 23.3 Å². The van der Waals surface area contributed by atoms with Crippen molar-refractivity contribution in [3.8, 4) is 0 Å². The maximum absolute atomic E-state index is 12.9. The molecule has 2 N–H and O–H groups in total. The van der Waals surface area contributed by atoms with Gasteiger partial charge < -0.3 is 24.2 Å². The Morgan fingerprint density at radius 1 is 0.414 bits per heavy atom. The smallest absolute Gasteiger partial charge is 0.462 e. The Kier molecular flexibility index (Phi) is 50.8. The SMILES string of the molecule is CC/C=C\C/C=C\C/C=C\CCCCCCCC(=O)OC(COC(=O)CCCCCCCCCCCCCCCCC)COP(=O)(O)OCC(CO)OC(=O)CCCCCCC/C=C\CCCCCC. The number of phosphoric acid groups is 1. The van der Waals surface area contributed by atoms with E-state index in [-0.39, 0.29) is 25.9 Å². The number of esters is 3. The molecule has 408 valence electrons. The number of hydrogen-bond donors (Lipinski definition) is 2. The highest BCUT2D eigenvalue weighted by atomic mass is 31.2. The molecule has 11 nitrogen and oxygen atoms in total. The number of phosphoric ester groups is 1. The lowest BCUT2D eigenvalue weighted by molar-refractivity contribution is -0.161. The van der Waals surface area contributed by atoms with Crippen LogP contribution < -0.4 is 0 Å². The molecule has 12 heteroatoms. The van der Waals surface area contributed by atoms with E-state index in [2.05, 4.69) is 69.4 Å². The molecule has 0 radical (unpaired) electrons. The van der Waals surface area contributed by atoms with Crippen molar-refractivity contribution in [3.05, 3.63) is 48.6 Å². The number of ether oxygens (including phenoxy) is 3. The van der Waals surface area contributed by atoms with E-state index in [1.807, 2.05) is 0 Å². The topological polar surface area (TPSA) is 155 Å². The summed E-state index contributed by atoms with van der Waals surface area (Å²) in [5.74, 6) is -1.48. The maximum Gasteiger partial charge on any atom is 0.472 e. The number of carbonyl (C=O) groups is 3. The average molecular weight is 1010 g/mol. The van der Waals surface area contributed by atoms with E-state index < -0.39 is 57.8 Å². The first-order valence-electron chi connectivity index (χ1n) is 28.5. The molecule has 0 spiro atoms. The van der Waals surface area contributed by atoms with Gasteiger partial charge in [-0.1, -0.05) is 217 Å². The standard InChI is InChI=1S/C58H105O11P/c1-4-7-10-13-16-19-22-25-27-30-32-35-38-41-44-47-56(60)65-51-55(69-58(62)49-46-43-40-37-34-31-28-26-23-20-17-14-11-8-5-2)53-67-70(63,64)66-52-54(50-59)68-57(61)48-45-42-39-36-33-29-24-21-18-15-12-9-6-3/h8,11,17,20-21,24,26,28,54-55,59H,4-7,9-10,12-16,18-19,22-23,25,27,29-53H2,1-3H3,(H,63,64)/b11-8-,20-17-,24-21-,28-26-. The minimum Gasteiger partial charge on any atom is -0.462 e. The Bertz CT molecular complexity index is 1360. The second kappa shape index (κ2) is 52.8. The van der Waals surface area contributed by atoms with Crippen LogP contribution in [0.3, 0.4) is 0 Å². The molecule has 0 bridgehead atoms. The van der Waals surface area contributed by atoms with Gasteiger partial charge in [0, 0.05) is 19.3 Å². The fourth-order valence-corrected chi connectivity index (χ4v) is 8.68. The van der Waals surface area contributed by atoms with Crippen LogP contribution in [0.1, 0.15) is 265 Å². The summed E-state index contributed by atoms with van der Waals surface area (Å²) in [5, 5.41) is 9.80. The Hall–Kier alpha value is -2.56. The molecule has 0 saturated heterocycles. The highest BCUT2D eigenvalue weighted by Gasteiger charge is 2.28. The van der Waals surface area contributed by atoms with E-state index in [0.717, 1.165) is 109 Å². The first kappa shape index (κ1) is 67.4. The third-order valence-corrected chi connectivity index (χ3v) is 13.2. The predicted molar refractivity (Wildman–Crippen MR) is 289 cm³/mol. The van der Waals surface area contributed by atoms with Gasteiger partial charge in [0.1, 0.15) is 12.7 Å². The van der Waals surface area contributed by atoms with Gasteiger partial charge in [0.15, 0.2) is 6.10 Å². The number of allylic oxidation sites excluding steroid dienone is 8. The van der Waals surface area contributed by atoms with Crippen molar-refractivity contribution in [2.45, 2.75) is 277 Å². The van der Waals surface area contributed by atoms with E-state index >= 15 is 0 Å². The van der Waals surface area contributed by atoms with Crippen LogP contribution >= 0.6 is 7.82 Å². The van der Waals surface area contributed by atoms with Gasteiger partial charge in [-0.25, -0.2) is 4.57 Å². The third kappa shape index (κ3) is 50.4. The van der Waals surface area contributed by atoms with Crippen LogP contribution in [-0.2, 0) is 42.2 Å². The van der Waals surface area contributed by atoms with Crippen molar-refractivity contribution >= 4 is 25.7 Å². The van der Waals surface area contributed by atoms with Gasteiger partial charge in [-0.05, 0) is 77.0 Å². The lowest BCUT2D eigenvalue weighted by Crippen LogP contribution is -2.30. The number of unbranched alkanes of at least 4 members (excludes halogenated alkanes) is 28. The molecule has 0 heterocycles. The Balaban J connectivity index is 4.73. The molecule has 3 unspecified atom stereocenters. The number of aliphatic hydroxyl groups excluding tert-OH is 1. The van der Waals surface area contributed by atoms with Gasteiger partial charge in [-0.2, -0.15) is 0 Å². The van der Waals surface area contributed by atoms with Crippen molar-refractivity contribution in [3.63, 3.8) is 0 Å². The molecule has 0 saturated carbocycles. The summed E-state index contributed by atoms with van der Waals surface area (Å²) in [7, 11) is -4.75. The first-order valence-corrected chi connectivity index (χ1v) is 30.0. The zero-order valence-electron chi connectivity index (χ0n) is 45.0. The average Bonchev–Trinajstić information content (AvgIpc) is 3.35. The van der Waals surface area contributed by atoms with Gasteiger partial charge in [-0.3, -0.25) is 23.4 Å². The number of hydrogen-bond acceptors (Lipinski definition) is 10. The molecule has 0 aromatic rings. The van der Waals surface area contributed by atoms with E-state index in [1.165, 1.54) is 96.3 Å². The van der Waals surface area contributed by atoms with Gasteiger partial charge in [0.05, 0.1) is 19.8 Å². The van der Waals surface area contributed by atoms with Crippen LogP contribution in [0.5, 0.6) is 0 Å². The Morgan fingerprint density at radius 2 is 0.743 bits per heavy atom. The maximum atomic E-state index is 12.9. The Morgan fingerprint density at radius 3 is 1.17 bits per heavy atom. The van der Waals surface area contributed by atoms with Gasteiger partial charge >= 0.3 is 25.7 Å². The van der Waals surface area contributed by atoms with Crippen LogP contribution in [0.4, 0.5) is 0 Å². The largest absolute Gasteiger partial charge is 0.472 e. The molecule has 0 aromatic carbocycles. The molecule has 70 heavy (non-hydrogen) atoms. The van der Waals surface area contributed by atoms with Gasteiger partial charge in [0.25, 0.3) is 0 Å². The van der Waals surface area contributed by atoms with Crippen LogP contribution in [-0.4, -0.2) is 66.5 Å². The molecule has 0 amide bonds. The van der Waals surface area contributed by atoms with Gasteiger partial charge in [0.2, 0.25) is 0 Å². The van der Waals surface area contributed by atoms with E-state index in [9.17, 15) is 28.9 Å². The van der Waals surface area contributed by atoms with E-state index in [1.54, 1.807) is 0 Å². The fourth-order valence-electron chi connectivity index (χ4n) is 7.90. The predicted octanol–water partition coefficient (Wildman–Crippen LogP) is 16.6. The van der Waals surface area contributed by atoms with Crippen molar-refractivity contribution in [1.82, 2.24) is 0 Å². The summed E-state index contributed by atoms with van der Waals surface area (Å²) in [6.45, 7) is 4.51. The summed E-state index contributed by atoms with van der Waals surface area (Å²) in [6, 6.07) is 0. The lowest BCUT2D eigenvalue weighted by atomic mass is 10.0. The highest BCUT2D eigenvalue weighted by molar-refractivity contribution is 7.47. The van der Waals surface area contributed by atoms with Gasteiger partial charge in [-0.15, -0.1) is 0 Å². The zero-order valence-corrected chi connectivity index (χ0v) is 45.9. The first-order chi connectivity index (χ1) is 34.2. The van der Waals surface area contributed by atoms with Crippen molar-refractivity contribution in [2.75, 3.05) is 26.4 Å². The number of rotatable bonds is 53. The summed E-state index contributed by atoms with van der Waals surface area (Å²) >= 11 is 0. The highest BCUT2D eigenvalue weighted by Crippen LogP contribution is 2.43. The Labute approximate surface area is 428 Å². The molecule has 0 aliphatic rings. The van der Waals surface area contributed by atoms with Crippen LogP contribution in [0, 0.1) is 0 Å². The minimum atomic E-state index is -4.75. The number of carbonyl (C=O) groups excluding carboxylic acids is 3. The quantitative estimate of drug-likeness (QED) is 0.0197. The number of aliphatic hydroxyl groups is 1. The normalized spacial score (nSPS) is 13.7. The summed E-state index contributed by atoms with van der Waals surface area (Å²) in [6.07, 6.45) is 54.9. The third-order valence-electron chi connectivity index (χ3n) is 12.2. The monoisotopic (exact) mass is 1010 g/mol. The van der Waals surface area contributed by atoms with Crippen molar-refractivity contribution < 1.29 is 52.2 Å². The fraction of sp³-hybridized carbons (Fsp3) is 0.810. The lowest BCUT2D eigenvalue weighted by Gasteiger charge is -2.21. The summed E-state index contributed by atoms with van der Waals surface area (Å²) < 4.78 is 39.5. The van der Waals surface area contributed by atoms with Crippen LogP contribution in [0.15, 0.2) is 48.6 Å². The molecule has 3 atom stereocenters. The molecule has 0 aliphatic heterocycles. The summed E-state index contributed by atoms with van der Waals surface area (Å²) in [5.41, 5.74) is 0. The molecular weight excluding hydrogens is 904 g/mol. The van der Waals surface area contributed by atoms with Crippen molar-refractivity contribution in [1.29, 1.82) is 0 Å². The van der Waals surface area contributed by atoms with Crippen LogP contribution in [0.25, 0.3) is 0 Å². The minimum absolute atomic E-state index is 0.150.